The minimum absolute atomic E-state index is 0.280. The van der Waals surface area contributed by atoms with Crippen LogP contribution in [0.1, 0.15) is 25.2 Å². The van der Waals surface area contributed by atoms with Crippen LogP contribution in [0.2, 0.25) is 0 Å². The van der Waals surface area contributed by atoms with Crippen molar-refractivity contribution in [2.75, 3.05) is 0 Å². The number of hydrogen-bond donors (Lipinski definition) is 1. The standard InChI is InChI=1S/C10H16N2O3/c1-4-12-9(5-7(2)11-12)6-15-8(3)10(13)14/h5,8H,4,6H2,1-3H3,(H,13,14). The molecular weight excluding hydrogens is 196 g/mol. The summed E-state index contributed by atoms with van der Waals surface area (Å²) >= 11 is 0. The van der Waals surface area contributed by atoms with Gasteiger partial charge in [0.15, 0.2) is 6.10 Å². The lowest BCUT2D eigenvalue weighted by molar-refractivity contribution is -0.150. The Morgan fingerprint density at radius 3 is 2.93 bits per heavy atom. The highest BCUT2D eigenvalue weighted by atomic mass is 16.5. The smallest absolute Gasteiger partial charge is 0.332 e. The highest BCUT2D eigenvalue weighted by Gasteiger charge is 2.12. The molecule has 0 aliphatic heterocycles. The van der Waals surface area contributed by atoms with E-state index in [9.17, 15) is 4.79 Å². The minimum Gasteiger partial charge on any atom is -0.479 e. The third-order valence-corrected chi connectivity index (χ3v) is 2.11. The van der Waals surface area contributed by atoms with Gasteiger partial charge < -0.3 is 9.84 Å². The number of carbonyl (C=O) groups is 1. The molecular formula is C10H16N2O3. The van der Waals surface area contributed by atoms with Gasteiger partial charge >= 0.3 is 5.97 Å². The molecule has 84 valence electrons. The topological polar surface area (TPSA) is 64.4 Å². The molecule has 5 heteroatoms. The van der Waals surface area contributed by atoms with Crippen LogP contribution in [-0.2, 0) is 22.7 Å². The average Bonchev–Trinajstić information content (AvgIpc) is 2.55. The third kappa shape index (κ3) is 3.06. The number of ether oxygens (including phenoxy) is 1. The van der Waals surface area contributed by atoms with Gasteiger partial charge in [-0.3, -0.25) is 4.68 Å². The van der Waals surface area contributed by atoms with Gasteiger partial charge in [0.2, 0.25) is 0 Å². The third-order valence-electron chi connectivity index (χ3n) is 2.11. The molecule has 0 aromatic carbocycles. The zero-order chi connectivity index (χ0) is 11.4. The van der Waals surface area contributed by atoms with Crippen molar-refractivity contribution >= 4 is 5.97 Å². The number of carboxylic acid groups (broad SMARTS) is 1. The summed E-state index contributed by atoms with van der Waals surface area (Å²) in [6.07, 6.45) is -0.787. The zero-order valence-electron chi connectivity index (χ0n) is 9.23. The van der Waals surface area contributed by atoms with Crippen LogP contribution in [0.4, 0.5) is 0 Å². The number of carboxylic acids is 1. The van der Waals surface area contributed by atoms with E-state index in [1.165, 1.54) is 6.92 Å². The summed E-state index contributed by atoms with van der Waals surface area (Å²) in [5, 5.41) is 12.9. The molecule has 0 fully saturated rings. The predicted octanol–water partition coefficient (Wildman–Crippen LogP) is 1.20. The van der Waals surface area contributed by atoms with E-state index >= 15 is 0 Å². The van der Waals surface area contributed by atoms with Gasteiger partial charge in [0, 0.05) is 6.54 Å². The Morgan fingerprint density at radius 1 is 1.73 bits per heavy atom. The van der Waals surface area contributed by atoms with Crippen LogP contribution in [0.15, 0.2) is 6.07 Å². The van der Waals surface area contributed by atoms with Gasteiger partial charge in [-0.1, -0.05) is 0 Å². The second kappa shape index (κ2) is 4.93. The second-order valence-corrected chi connectivity index (χ2v) is 3.38. The van der Waals surface area contributed by atoms with Crippen molar-refractivity contribution in [3.05, 3.63) is 17.5 Å². The van der Waals surface area contributed by atoms with Crippen molar-refractivity contribution in [2.45, 2.75) is 40.0 Å². The molecule has 0 aliphatic carbocycles. The number of aryl methyl sites for hydroxylation is 2. The zero-order valence-corrected chi connectivity index (χ0v) is 9.23. The largest absolute Gasteiger partial charge is 0.479 e. The first-order valence-electron chi connectivity index (χ1n) is 4.92. The Hall–Kier alpha value is -1.36. The number of aliphatic carboxylic acids is 1. The van der Waals surface area contributed by atoms with Crippen molar-refractivity contribution in [1.82, 2.24) is 9.78 Å². The highest BCUT2D eigenvalue weighted by Crippen LogP contribution is 2.07. The van der Waals surface area contributed by atoms with Crippen LogP contribution in [0.3, 0.4) is 0 Å². The van der Waals surface area contributed by atoms with Crippen molar-refractivity contribution in [3.8, 4) is 0 Å². The molecule has 0 radical (unpaired) electrons. The number of aromatic nitrogens is 2. The van der Waals surface area contributed by atoms with Gasteiger partial charge in [0.05, 0.1) is 18.0 Å². The molecule has 0 saturated carbocycles. The van der Waals surface area contributed by atoms with Crippen LogP contribution in [0.5, 0.6) is 0 Å². The Labute approximate surface area is 88.7 Å². The van der Waals surface area contributed by atoms with Crippen LogP contribution in [0.25, 0.3) is 0 Å². The van der Waals surface area contributed by atoms with Gasteiger partial charge in [-0.25, -0.2) is 4.79 Å². The highest BCUT2D eigenvalue weighted by molar-refractivity contribution is 5.71. The number of nitrogens with zero attached hydrogens (tertiary/aromatic N) is 2. The summed E-state index contributed by atoms with van der Waals surface area (Å²) in [4.78, 5) is 10.5. The summed E-state index contributed by atoms with van der Waals surface area (Å²) in [6, 6.07) is 1.90. The molecule has 0 amide bonds. The predicted molar refractivity (Wildman–Crippen MR) is 54.5 cm³/mol. The van der Waals surface area contributed by atoms with Crippen LogP contribution >= 0.6 is 0 Å². The first-order chi connectivity index (χ1) is 7.04. The van der Waals surface area contributed by atoms with Gasteiger partial charge in [0.1, 0.15) is 0 Å². The Bertz CT molecular complexity index is 346. The van der Waals surface area contributed by atoms with Crippen LogP contribution < -0.4 is 0 Å². The number of rotatable bonds is 5. The molecule has 1 unspecified atom stereocenters. The molecule has 1 aromatic heterocycles. The number of hydrogen-bond acceptors (Lipinski definition) is 3. The van der Waals surface area contributed by atoms with E-state index in [2.05, 4.69) is 5.10 Å². The first kappa shape index (κ1) is 11.7. The van der Waals surface area contributed by atoms with E-state index in [4.69, 9.17) is 9.84 Å². The second-order valence-electron chi connectivity index (χ2n) is 3.38. The summed E-state index contributed by atoms with van der Waals surface area (Å²) in [5.41, 5.74) is 1.82. The van der Waals surface area contributed by atoms with E-state index in [1.807, 2.05) is 24.6 Å². The summed E-state index contributed by atoms with van der Waals surface area (Å²) in [5.74, 6) is -0.950. The monoisotopic (exact) mass is 212 g/mol. The fourth-order valence-electron chi connectivity index (χ4n) is 1.27. The maximum atomic E-state index is 10.5. The molecule has 0 bridgehead atoms. The van der Waals surface area contributed by atoms with Crippen molar-refractivity contribution in [3.63, 3.8) is 0 Å². The van der Waals surface area contributed by atoms with Crippen LogP contribution in [0, 0.1) is 6.92 Å². The molecule has 0 saturated heterocycles. The quantitative estimate of drug-likeness (QED) is 0.796. The van der Waals surface area contributed by atoms with Crippen molar-refractivity contribution in [2.24, 2.45) is 0 Å². The maximum absolute atomic E-state index is 10.5. The molecule has 1 rings (SSSR count). The Morgan fingerprint density at radius 2 is 2.40 bits per heavy atom. The molecule has 1 aromatic rings. The van der Waals surface area contributed by atoms with Gasteiger partial charge in [-0.2, -0.15) is 5.10 Å². The molecule has 1 heterocycles. The van der Waals surface area contributed by atoms with Crippen molar-refractivity contribution < 1.29 is 14.6 Å². The minimum atomic E-state index is -0.950. The molecule has 0 aliphatic rings. The first-order valence-corrected chi connectivity index (χ1v) is 4.92. The van der Waals surface area contributed by atoms with Crippen LogP contribution in [-0.4, -0.2) is 27.0 Å². The fraction of sp³-hybridized carbons (Fsp3) is 0.600. The molecule has 0 spiro atoms. The SMILES string of the molecule is CCn1nc(C)cc1COC(C)C(=O)O. The lowest BCUT2D eigenvalue weighted by atomic mass is 10.3. The van der Waals surface area contributed by atoms with E-state index in [0.29, 0.717) is 0 Å². The lowest BCUT2D eigenvalue weighted by Crippen LogP contribution is -2.20. The fourth-order valence-corrected chi connectivity index (χ4v) is 1.27. The van der Waals surface area contributed by atoms with E-state index in [-0.39, 0.29) is 6.61 Å². The van der Waals surface area contributed by atoms with Crippen molar-refractivity contribution in [1.29, 1.82) is 0 Å². The lowest BCUT2D eigenvalue weighted by Gasteiger charge is -2.09. The Kier molecular flexibility index (Phi) is 3.85. The molecule has 15 heavy (non-hydrogen) atoms. The van der Waals surface area contributed by atoms with E-state index in [0.717, 1.165) is 17.9 Å². The van der Waals surface area contributed by atoms with Gasteiger partial charge in [0.25, 0.3) is 0 Å². The Balaban J connectivity index is 2.60. The molecule has 1 atom stereocenters. The molecule has 5 nitrogen and oxygen atoms in total. The maximum Gasteiger partial charge on any atom is 0.332 e. The van der Waals surface area contributed by atoms with Gasteiger partial charge in [-0.05, 0) is 26.8 Å². The van der Waals surface area contributed by atoms with Gasteiger partial charge in [-0.15, -0.1) is 0 Å². The summed E-state index contributed by atoms with van der Waals surface area (Å²) < 4.78 is 6.99. The summed E-state index contributed by atoms with van der Waals surface area (Å²) in [7, 11) is 0. The van der Waals surface area contributed by atoms with E-state index < -0.39 is 12.1 Å². The van der Waals surface area contributed by atoms with E-state index in [1.54, 1.807) is 0 Å². The summed E-state index contributed by atoms with van der Waals surface area (Å²) in [6.45, 7) is 6.44. The average molecular weight is 212 g/mol. The molecule has 1 N–H and O–H groups in total. The normalized spacial score (nSPS) is 12.7.